The van der Waals surface area contributed by atoms with Crippen LogP contribution in [-0.2, 0) is 12.8 Å². The van der Waals surface area contributed by atoms with Gasteiger partial charge in [-0.1, -0.05) is 19.9 Å². The van der Waals surface area contributed by atoms with Crippen LogP contribution in [0.4, 0.5) is 0 Å². The smallest absolute Gasteiger partial charge is 0.167 e. The largest absolute Gasteiger partial charge is 0.493 e. The first-order valence-corrected chi connectivity index (χ1v) is 6.00. The molecule has 1 atom stereocenters. The van der Waals surface area contributed by atoms with Gasteiger partial charge in [0.25, 0.3) is 0 Å². The second kappa shape index (κ2) is 3.34. The number of benzene rings is 1. The van der Waals surface area contributed by atoms with Gasteiger partial charge in [-0.2, -0.15) is 0 Å². The highest BCUT2D eigenvalue weighted by atomic mass is 16.5. The quantitative estimate of drug-likeness (QED) is 0.721. The first-order valence-electron chi connectivity index (χ1n) is 6.00. The molecule has 1 aromatic carbocycles. The zero-order valence-corrected chi connectivity index (χ0v) is 9.75. The molecule has 1 aromatic rings. The van der Waals surface area contributed by atoms with Gasteiger partial charge in [0.15, 0.2) is 5.78 Å². The molecule has 2 nitrogen and oxygen atoms in total. The molecule has 1 aliphatic heterocycles. The van der Waals surface area contributed by atoms with Crippen LogP contribution >= 0.6 is 0 Å². The van der Waals surface area contributed by atoms with Crippen LogP contribution in [0.1, 0.15) is 35.3 Å². The standard InChI is InChI=1S/C14H16O2/c1-8(2)11-7-9-3-4-12-10(5-6-16-12)13(9)14(11)15/h3-4,8,11H,5-7H2,1-2H3. The second-order valence-electron chi connectivity index (χ2n) is 5.09. The fourth-order valence-electron chi connectivity index (χ4n) is 2.85. The van der Waals surface area contributed by atoms with Crippen LogP contribution in [0.2, 0.25) is 0 Å². The minimum atomic E-state index is 0.182. The number of ether oxygens (including phenoxy) is 1. The van der Waals surface area contributed by atoms with Crippen molar-refractivity contribution in [2.24, 2.45) is 11.8 Å². The van der Waals surface area contributed by atoms with Gasteiger partial charge in [-0.25, -0.2) is 0 Å². The molecule has 0 amide bonds. The average Bonchev–Trinajstić information content (AvgIpc) is 2.81. The van der Waals surface area contributed by atoms with E-state index in [0.717, 1.165) is 36.3 Å². The normalized spacial score (nSPS) is 22.2. The van der Waals surface area contributed by atoms with Crippen LogP contribution < -0.4 is 4.74 Å². The average molecular weight is 216 g/mol. The fourth-order valence-corrected chi connectivity index (χ4v) is 2.85. The highest BCUT2D eigenvalue weighted by molar-refractivity contribution is 6.04. The van der Waals surface area contributed by atoms with Crippen LogP contribution in [0, 0.1) is 11.8 Å². The minimum Gasteiger partial charge on any atom is -0.493 e. The van der Waals surface area contributed by atoms with Crippen molar-refractivity contribution in [2.75, 3.05) is 6.61 Å². The topological polar surface area (TPSA) is 26.3 Å². The lowest BCUT2D eigenvalue weighted by molar-refractivity contribution is 0.0905. The number of Topliss-reactive ketones (excluding diaryl/α,β-unsaturated/α-hetero) is 1. The molecule has 0 fully saturated rings. The van der Waals surface area contributed by atoms with Crippen molar-refractivity contribution in [3.8, 4) is 5.75 Å². The van der Waals surface area contributed by atoms with E-state index in [0.29, 0.717) is 11.7 Å². The first-order chi connectivity index (χ1) is 7.68. The predicted octanol–water partition coefficient (Wildman–Crippen LogP) is 2.63. The molecule has 0 aromatic heterocycles. The maximum atomic E-state index is 12.3. The zero-order chi connectivity index (χ0) is 11.3. The minimum absolute atomic E-state index is 0.182. The summed E-state index contributed by atoms with van der Waals surface area (Å²) < 4.78 is 5.52. The van der Waals surface area contributed by atoms with E-state index in [1.54, 1.807) is 0 Å². The Morgan fingerprint density at radius 1 is 1.38 bits per heavy atom. The van der Waals surface area contributed by atoms with E-state index < -0.39 is 0 Å². The maximum Gasteiger partial charge on any atom is 0.167 e. The monoisotopic (exact) mass is 216 g/mol. The molecule has 84 valence electrons. The van der Waals surface area contributed by atoms with Gasteiger partial charge in [-0.3, -0.25) is 4.79 Å². The van der Waals surface area contributed by atoms with Crippen LogP contribution in [0.25, 0.3) is 0 Å². The number of hydrogen-bond acceptors (Lipinski definition) is 2. The Morgan fingerprint density at radius 3 is 2.94 bits per heavy atom. The number of hydrogen-bond donors (Lipinski definition) is 0. The molecule has 1 heterocycles. The molecule has 0 spiro atoms. The number of ketones is 1. The van der Waals surface area contributed by atoms with Crippen molar-refractivity contribution in [2.45, 2.75) is 26.7 Å². The van der Waals surface area contributed by atoms with Crippen molar-refractivity contribution in [3.63, 3.8) is 0 Å². The summed E-state index contributed by atoms with van der Waals surface area (Å²) >= 11 is 0. The second-order valence-corrected chi connectivity index (χ2v) is 5.09. The zero-order valence-electron chi connectivity index (χ0n) is 9.75. The van der Waals surface area contributed by atoms with Crippen molar-refractivity contribution in [1.82, 2.24) is 0 Å². The molecule has 3 rings (SSSR count). The van der Waals surface area contributed by atoms with E-state index in [2.05, 4.69) is 19.9 Å². The SMILES string of the molecule is CC(C)C1Cc2ccc3c(c2C1=O)CCO3. The van der Waals surface area contributed by atoms with Gasteiger partial charge in [-0.15, -0.1) is 0 Å². The number of carbonyl (C=O) groups excluding carboxylic acids is 1. The molecule has 0 radical (unpaired) electrons. The summed E-state index contributed by atoms with van der Waals surface area (Å²) in [6.45, 7) is 4.99. The first kappa shape index (κ1) is 9.88. The summed E-state index contributed by atoms with van der Waals surface area (Å²) in [5.41, 5.74) is 3.37. The van der Waals surface area contributed by atoms with Crippen LogP contribution in [0.3, 0.4) is 0 Å². The Hall–Kier alpha value is -1.31. The lowest BCUT2D eigenvalue weighted by Gasteiger charge is -2.11. The molecular weight excluding hydrogens is 200 g/mol. The molecular formula is C14H16O2. The molecule has 2 heteroatoms. The lowest BCUT2D eigenvalue weighted by atomic mass is 9.91. The van der Waals surface area contributed by atoms with Gasteiger partial charge in [0.2, 0.25) is 0 Å². The summed E-state index contributed by atoms with van der Waals surface area (Å²) in [4.78, 5) is 12.3. The maximum absolute atomic E-state index is 12.3. The van der Waals surface area contributed by atoms with E-state index in [-0.39, 0.29) is 5.92 Å². The van der Waals surface area contributed by atoms with Crippen LogP contribution in [0.5, 0.6) is 5.75 Å². The Balaban J connectivity index is 2.11. The highest BCUT2D eigenvalue weighted by Crippen LogP contribution is 2.39. The summed E-state index contributed by atoms with van der Waals surface area (Å²) in [6.07, 6.45) is 1.81. The van der Waals surface area contributed by atoms with E-state index >= 15 is 0 Å². The Bertz CT molecular complexity index is 460. The fraction of sp³-hybridized carbons (Fsp3) is 0.500. The lowest BCUT2D eigenvalue weighted by Crippen LogP contribution is -2.16. The van der Waals surface area contributed by atoms with E-state index in [4.69, 9.17) is 4.74 Å². The number of fused-ring (bicyclic) bond motifs is 3. The third-order valence-corrected chi connectivity index (χ3v) is 3.79. The van der Waals surface area contributed by atoms with Crippen LogP contribution in [-0.4, -0.2) is 12.4 Å². The molecule has 0 saturated carbocycles. The molecule has 0 N–H and O–H groups in total. The van der Waals surface area contributed by atoms with Gasteiger partial charge in [0, 0.05) is 23.5 Å². The van der Waals surface area contributed by atoms with Crippen molar-refractivity contribution < 1.29 is 9.53 Å². The molecule has 16 heavy (non-hydrogen) atoms. The highest BCUT2D eigenvalue weighted by Gasteiger charge is 2.36. The molecule has 1 unspecified atom stereocenters. The van der Waals surface area contributed by atoms with Gasteiger partial charge >= 0.3 is 0 Å². The Kier molecular flexibility index (Phi) is 2.06. The van der Waals surface area contributed by atoms with Crippen molar-refractivity contribution >= 4 is 5.78 Å². The van der Waals surface area contributed by atoms with Gasteiger partial charge < -0.3 is 4.74 Å². The third kappa shape index (κ3) is 1.22. The molecule has 0 bridgehead atoms. The van der Waals surface area contributed by atoms with Crippen molar-refractivity contribution in [3.05, 3.63) is 28.8 Å². The summed E-state index contributed by atoms with van der Waals surface area (Å²) in [5, 5.41) is 0. The number of carbonyl (C=O) groups is 1. The van der Waals surface area contributed by atoms with E-state index in [9.17, 15) is 4.79 Å². The van der Waals surface area contributed by atoms with Crippen LogP contribution in [0.15, 0.2) is 12.1 Å². The van der Waals surface area contributed by atoms with Gasteiger partial charge in [0.1, 0.15) is 5.75 Å². The van der Waals surface area contributed by atoms with E-state index in [1.807, 2.05) is 6.07 Å². The number of rotatable bonds is 1. The Labute approximate surface area is 95.6 Å². The third-order valence-electron chi connectivity index (χ3n) is 3.79. The van der Waals surface area contributed by atoms with Gasteiger partial charge in [0.05, 0.1) is 6.61 Å². The van der Waals surface area contributed by atoms with Crippen molar-refractivity contribution in [1.29, 1.82) is 0 Å². The Morgan fingerprint density at radius 2 is 2.19 bits per heavy atom. The summed E-state index contributed by atoms with van der Waals surface area (Å²) in [5.74, 6) is 1.88. The molecule has 0 saturated heterocycles. The summed E-state index contributed by atoms with van der Waals surface area (Å²) in [6, 6.07) is 4.09. The predicted molar refractivity (Wildman–Crippen MR) is 62.0 cm³/mol. The molecule has 2 aliphatic rings. The van der Waals surface area contributed by atoms with E-state index in [1.165, 1.54) is 5.56 Å². The molecule has 1 aliphatic carbocycles. The van der Waals surface area contributed by atoms with Gasteiger partial charge in [-0.05, 0) is 24.0 Å². The summed E-state index contributed by atoms with van der Waals surface area (Å²) in [7, 11) is 0.